The standard InChI is InChI=1S/C19H20N4O2S/c1-3-25-16-11-9-15(10-12-16)20-17(24)13-26-19-22-21-18(23(19)2)14-7-5-4-6-8-14/h4-12H,3,13H2,1-2H3,(H,20,24). The van der Waals surface area contributed by atoms with Crippen molar-refractivity contribution < 1.29 is 9.53 Å². The molecule has 7 heteroatoms. The lowest BCUT2D eigenvalue weighted by Crippen LogP contribution is -2.14. The summed E-state index contributed by atoms with van der Waals surface area (Å²) in [6.07, 6.45) is 0. The summed E-state index contributed by atoms with van der Waals surface area (Å²) in [5.74, 6) is 1.73. The van der Waals surface area contributed by atoms with E-state index >= 15 is 0 Å². The molecular weight excluding hydrogens is 348 g/mol. The summed E-state index contributed by atoms with van der Waals surface area (Å²) in [4.78, 5) is 12.2. The Bertz CT molecular complexity index is 863. The molecule has 3 rings (SSSR count). The van der Waals surface area contributed by atoms with Crippen LogP contribution in [0.5, 0.6) is 5.75 Å². The van der Waals surface area contributed by atoms with E-state index in [9.17, 15) is 4.79 Å². The molecule has 0 atom stereocenters. The Balaban J connectivity index is 1.57. The summed E-state index contributed by atoms with van der Waals surface area (Å²) in [6, 6.07) is 17.2. The zero-order chi connectivity index (χ0) is 18.4. The van der Waals surface area contributed by atoms with Crippen LogP contribution in [-0.4, -0.2) is 33.0 Å². The van der Waals surface area contributed by atoms with Crippen LogP contribution >= 0.6 is 11.8 Å². The third kappa shape index (κ3) is 4.43. The van der Waals surface area contributed by atoms with Gasteiger partial charge in [0.1, 0.15) is 5.75 Å². The molecule has 0 spiro atoms. The number of aromatic nitrogens is 3. The molecule has 1 amide bonds. The Hall–Kier alpha value is -2.80. The molecule has 1 heterocycles. The highest BCUT2D eigenvalue weighted by atomic mass is 32.2. The Kier molecular flexibility index (Phi) is 5.91. The van der Waals surface area contributed by atoms with E-state index < -0.39 is 0 Å². The second-order valence-electron chi connectivity index (χ2n) is 5.53. The summed E-state index contributed by atoms with van der Waals surface area (Å²) in [5.41, 5.74) is 1.73. The number of anilines is 1. The van der Waals surface area contributed by atoms with Crippen molar-refractivity contribution in [1.82, 2.24) is 14.8 Å². The predicted molar refractivity (Wildman–Crippen MR) is 103 cm³/mol. The molecule has 134 valence electrons. The third-order valence-electron chi connectivity index (χ3n) is 3.65. The number of benzene rings is 2. The summed E-state index contributed by atoms with van der Waals surface area (Å²) in [6.45, 7) is 2.55. The van der Waals surface area contributed by atoms with Crippen LogP contribution in [0.25, 0.3) is 11.4 Å². The summed E-state index contributed by atoms with van der Waals surface area (Å²) >= 11 is 1.35. The number of hydrogen-bond donors (Lipinski definition) is 1. The van der Waals surface area contributed by atoms with Crippen LogP contribution in [0.4, 0.5) is 5.69 Å². The van der Waals surface area contributed by atoms with E-state index in [1.165, 1.54) is 11.8 Å². The molecule has 1 N–H and O–H groups in total. The van der Waals surface area contributed by atoms with Gasteiger partial charge in [-0.15, -0.1) is 10.2 Å². The van der Waals surface area contributed by atoms with E-state index in [4.69, 9.17) is 4.74 Å². The molecule has 0 bridgehead atoms. The summed E-state index contributed by atoms with van der Waals surface area (Å²) in [5, 5.41) is 12.0. The van der Waals surface area contributed by atoms with Crippen molar-refractivity contribution in [2.24, 2.45) is 7.05 Å². The Morgan fingerprint density at radius 1 is 1.12 bits per heavy atom. The van der Waals surface area contributed by atoms with Crippen LogP contribution in [0.3, 0.4) is 0 Å². The molecule has 3 aromatic rings. The zero-order valence-electron chi connectivity index (χ0n) is 14.7. The van der Waals surface area contributed by atoms with Crippen LogP contribution in [-0.2, 0) is 11.8 Å². The molecule has 0 aliphatic heterocycles. The van der Waals surface area contributed by atoms with E-state index in [2.05, 4.69) is 15.5 Å². The van der Waals surface area contributed by atoms with Crippen molar-refractivity contribution in [3.63, 3.8) is 0 Å². The normalized spacial score (nSPS) is 10.5. The Morgan fingerprint density at radius 2 is 1.85 bits per heavy atom. The largest absolute Gasteiger partial charge is 0.494 e. The molecule has 0 fully saturated rings. The highest BCUT2D eigenvalue weighted by Gasteiger charge is 2.12. The first kappa shape index (κ1) is 18.0. The van der Waals surface area contributed by atoms with Crippen molar-refractivity contribution in [2.45, 2.75) is 12.1 Å². The first-order valence-corrected chi connectivity index (χ1v) is 9.26. The van der Waals surface area contributed by atoms with E-state index in [0.717, 1.165) is 22.8 Å². The number of hydrogen-bond acceptors (Lipinski definition) is 5. The van der Waals surface area contributed by atoms with E-state index in [1.54, 1.807) is 0 Å². The molecule has 0 saturated heterocycles. The SMILES string of the molecule is CCOc1ccc(NC(=O)CSc2nnc(-c3ccccc3)n2C)cc1. The number of carbonyl (C=O) groups excluding carboxylic acids is 1. The van der Waals surface area contributed by atoms with Gasteiger partial charge >= 0.3 is 0 Å². The van der Waals surface area contributed by atoms with Gasteiger partial charge in [0.25, 0.3) is 0 Å². The lowest BCUT2D eigenvalue weighted by molar-refractivity contribution is -0.113. The second-order valence-corrected chi connectivity index (χ2v) is 6.47. The molecule has 0 radical (unpaired) electrons. The van der Waals surface area contributed by atoms with Crippen molar-refractivity contribution in [1.29, 1.82) is 0 Å². The van der Waals surface area contributed by atoms with Crippen molar-refractivity contribution in [3.05, 3.63) is 54.6 Å². The maximum Gasteiger partial charge on any atom is 0.234 e. The number of rotatable bonds is 7. The monoisotopic (exact) mass is 368 g/mol. The van der Waals surface area contributed by atoms with Crippen molar-refractivity contribution in [3.8, 4) is 17.1 Å². The molecule has 1 aromatic heterocycles. The van der Waals surface area contributed by atoms with Crippen molar-refractivity contribution in [2.75, 3.05) is 17.7 Å². The molecule has 2 aromatic carbocycles. The number of carbonyl (C=O) groups is 1. The van der Waals surface area contributed by atoms with Gasteiger partial charge in [-0.3, -0.25) is 4.79 Å². The second kappa shape index (κ2) is 8.53. The fourth-order valence-electron chi connectivity index (χ4n) is 2.41. The molecular formula is C19H20N4O2S. The Labute approximate surface area is 156 Å². The lowest BCUT2D eigenvalue weighted by atomic mass is 10.2. The minimum absolute atomic E-state index is 0.0941. The molecule has 26 heavy (non-hydrogen) atoms. The highest BCUT2D eigenvalue weighted by molar-refractivity contribution is 7.99. The lowest BCUT2D eigenvalue weighted by Gasteiger charge is -2.07. The van der Waals surface area contributed by atoms with Gasteiger partial charge in [-0.1, -0.05) is 42.1 Å². The van der Waals surface area contributed by atoms with Gasteiger partial charge in [-0.2, -0.15) is 0 Å². The van der Waals surface area contributed by atoms with Gasteiger partial charge in [0.15, 0.2) is 11.0 Å². The fourth-order valence-corrected chi connectivity index (χ4v) is 3.12. The minimum Gasteiger partial charge on any atom is -0.494 e. The van der Waals surface area contributed by atoms with Gasteiger partial charge in [0.05, 0.1) is 12.4 Å². The maximum absolute atomic E-state index is 12.2. The zero-order valence-corrected chi connectivity index (χ0v) is 15.5. The number of thioether (sulfide) groups is 1. The quantitative estimate of drug-likeness (QED) is 0.645. The van der Waals surface area contributed by atoms with Crippen LogP contribution in [0.1, 0.15) is 6.92 Å². The Morgan fingerprint density at radius 3 is 2.54 bits per heavy atom. The first-order valence-electron chi connectivity index (χ1n) is 8.27. The highest BCUT2D eigenvalue weighted by Crippen LogP contribution is 2.22. The summed E-state index contributed by atoms with van der Waals surface area (Å²) < 4.78 is 7.28. The molecule has 0 saturated carbocycles. The van der Waals surface area contributed by atoms with Gasteiger partial charge in [-0.05, 0) is 31.2 Å². The van der Waals surface area contributed by atoms with Gasteiger partial charge in [-0.25, -0.2) is 0 Å². The fraction of sp³-hybridized carbons (Fsp3) is 0.211. The summed E-state index contributed by atoms with van der Waals surface area (Å²) in [7, 11) is 1.90. The van der Waals surface area contributed by atoms with Gasteiger partial charge in [0, 0.05) is 18.3 Å². The van der Waals surface area contributed by atoms with Crippen LogP contribution in [0.15, 0.2) is 59.8 Å². The van der Waals surface area contributed by atoms with Crippen LogP contribution in [0.2, 0.25) is 0 Å². The number of amides is 1. The average Bonchev–Trinajstić information content (AvgIpc) is 3.03. The van der Waals surface area contributed by atoms with E-state index in [1.807, 2.05) is 73.1 Å². The van der Waals surface area contributed by atoms with Gasteiger partial charge in [0.2, 0.25) is 5.91 Å². The molecule has 0 aliphatic carbocycles. The molecule has 6 nitrogen and oxygen atoms in total. The van der Waals surface area contributed by atoms with Gasteiger partial charge < -0.3 is 14.6 Å². The number of ether oxygens (including phenoxy) is 1. The van der Waals surface area contributed by atoms with Crippen molar-refractivity contribution >= 4 is 23.4 Å². The maximum atomic E-state index is 12.2. The van der Waals surface area contributed by atoms with Crippen LogP contribution in [0, 0.1) is 0 Å². The number of nitrogens with zero attached hydrogens (tertiary/aromatic N) is 3. The van der Waals surface area contributed by atoms with Crippen LogP contribution < -0.4 is 10.1 Å². The average molecular weight is 368 g/mol. The molecule has 0 aliphatic rings. The smallest absolute Gasteiger partial charge is 0.234 e. The van der Waals surface area contributed by atoms with E-state index in [0.29, 0.717) is 11.8 Å². The van der Waals surface area contributed by atoms with E-state index in [-0.39, 0.29) is 11.7 Å². The topological polar surface area (TPSA) is 69.0 Å². The number of nitrogens with one attached hydrogen (secondary N) is 1. The predicted octanol–water partition coefficient (Wildman–Crippen LogP) is 3.61. The third-order valence-corrected chi connectivity index (χ3v) is 4.67. The minimum atomic E-state index is -0.0941. The molecule has 0 unspecified atom stereocenters. The first-order chi connectivity index (χ1) is 12.7.